The first kappa shape index (κ1) is 14.3. The summed E-state index contributed by atoms with van der Waals surface area (Å²) in [5.41, 5.74) is 3.65. The van der Waals surface area contributed by atoms with Crippen molar-refractivity contribution in [1.29, 1.82) is 0 Å². The maximum absolute atomic E-state index is 13.1. The van der Waals surface area contributed by atoms with Crippen LogP contribution in [0.1, 0.15) is 11.1 Å². The molecule has 116 valence electrons. The fourth-order valence-corrected chi connectivity index (χ4v) is 4.74. The molecule has 2 aromatic rings. The Morgan fingerprint density at radius 3 is 2.48 bits per heavy atom. The molecule has 0 unspecified atom stereocenters. The largest absolute Gasteiger partial charge is 0.312 e. The zero-order valence-corrected chi connectivity index (χ0v) is 13.8. The number of para-hydroxylation sites is 1. The molecule has 2 aromatic carbocycles. The molecule has 4 rings (SSSR count). The van der Waals surface area contributed by atoms with E-state index in [0.29, 0.717) is 5.75 Å². The Labute approximate surface area is 139 Å². The SMILES string of the molecule is Cc1ccc(N2C(=O)CS[C@]23C(=O)N(C)c2ccccc23)cc1. The van der Waals surface area contributed by atoms with E-state index in [1.54, 1.807) is 16.8 Å². The van der Waals surface area contributed by atoms with E-state index < -0.39 is 4.87 Å². The number of amides is 2. The first-order valence-electron chi connectivity index (χ1n) is 7.47. The summed E-state index contributed by atoms with van der Waals surface area (Å²) in [4.78, 5) is 28.1. The molecule has 0 bridgehead atoms. The number of aryl methyl sites for hydroxylation is 1. The van der Waals surface area contributed by atoms with Crippen LogP contribution in [0, 0.1) is 6.92 Å². The summed E-state index contributed by atoms with van der Waals surface area (Å²) in [6.45, 7) is 2.00. The summed E-state index contributed by atoms with van der Waals surface area (Å²) in [7, 11) is 1.77. The second kappa shape index (κ2) is 4.86. The number of carbonyl (C=O) groups excluding carboxylic acids is 2. The van der Waals surface area contributed by atoms with Gasteiger partial charge in [-0.25, -0.2) is 0 Å². The van der Waals surface area contributed by atoms with Crippen LogP contribution in [0.25, 0.3) is 0 Å². The highest BCUT2D eigenvalue weighted by Gasteiger charge is 2.60. The number of carbonyl (C=O) groups is 2. The summed E-state index contributed by atoms with van der Waals surface area (Å²) in [6.07, 6.45) is 0. The number of hydrogen-bond donors (Lipinski definition) is 0. The van der Waals surface area contributed by atoms with Crippen molar-refractivity contribution in [2.24, 2.45) is 0 Å². The molecule has 0 aromatic heterocycles. The number of fused-ring (bicyclic) bond motifs is 2. The summed E-state index contributed by atoms with van der Waals surface area (Å²) in [6, 6.07) is 15.5. The quantitative estimate of drug-likeness (QED) is 0.810. The highest BCUT2D eigenvalue weighted by atomic mass is 32.2. The highest BCUT2D eigenvalue weighted by molar-refractivity contribution is 8.02. The normalized spacial score (nSPS) is 23.0. The minimum atomic E-state index is -0.975. The lowest BCUT2D eigenvalue weighted by molar-refractivity contribution is -0.123. The molecule has 2 aliphatic heterocycles. The maximum Gasteiger partial charge on any atom is 0.268 e. The molecular formula is C18H16N2O2S. The van der Waals surface area contributed by atoms with E-state index in [9.17, 15) is 9.59 Å². The van der Waals surface area contributed by atoms with Gasteiger partial charge in [0.2, 0.25) is 10.8 Å². The number of thioether (sulfide) groups is 1. The van der Waals surface area contributed by atoms with E-state index in [2.05, 4.69) is 0 Å². The van der Waals surface area contributed by atoms with E-state index in [4.69, 9.17) is 0 Å². The molecule has 1 atom stereocenters. The van der Waals surface area contributed by atoms with Gasteiger partial charge in [-0.2, -0.15) is 0 Å². The molecule has 1 saturated heterocycles. The minimum absolute atomic E-state index is 0.0303. The Morgan fingerprint density at radius 2 is 1.74 bits per heavy atom. The Balaban J connectivity index is 1.94. The van der Waals surface area contributed by atoms with Crippen LogP contribution in [0.15, 0.2) is 48.5 Å². The zero-order chi connectivity index (χ0) is 16.2. The first-order valence-corrected chi connectivity index (χ1v) is 8.45. The average molecular weight is 324 g/mol. The van der Waals surface area contributed by atoms with Gasteiger partial charge in [-0.3, -0.25) is 14.5 Å². The number of benzene rings is 2. The topological polar surface area (TPSA) is 40.6 Å². The second-order valence-electron chi connectivity index (χ2n) is 5.88. The summed E-state index contributed by atoms with van der Waals surface area (Å²) >= 11 is 1.41. The third-order valence-corrected chi connectivity index (χ3v) is 5.87. The van der Waals surface area contributed by atoms with Gasteiger partial charge in [-0.1, -0.05) is 35.9 Å². The standard InChI is InChI=1S/C18H16N2O2S/c1-12-7-9-13(10-8-12)20-16(21)11-23-18(20)14-5-3-4-6-15(14)19(2)17(18)22/h3-10H,11H2,1-2H3/t18-/m1/s1. The van der Waals surface area contributed by atoms with Crippen molar-refractivity contribution in [2.45, 2.75) is 11.8 Å². The predicted octanol–water partition coefficient (Wildman–Crippen LogP) is 2.90. The molecule has 0 radical (unpaired) electrons. The fraction of sp³-hybridized carbons (Fsp3) is 0.222. The summed E-state index contributed by atoms with van der Waals surface area (Å²) < 4.78 is 0. The van der Waals surface area contributed by atoms with Gasteiger partial charge >= 0.3 is 0 Å². The molecule has 4 nitrogen and oxygen atoms in total. The van der Waals surface area contributed by atoms with Gasteiger partial charge in [0.05, 0.1) is 11.4 Å². The molecule has 0 aliphatic carbocycles. The first-order chi connectivity index (χ1) is 11.1. The van der Waals surface area contributed by atoms with Crippen molar-refractivity contribution in [3.05, 3.63) is 59.7 Å². The molecule has 0 saturated carbocycles. The van der Waals surface area contributed by atoms with Gasteiger partial charge < -0.3 is 4.90 Å². The molecule has 23 heavy (non-hydrogen) atoms. The van der Waals surface area contributed by atoms with Crippen LogP contribution in [-0.4, -0.2) is 24.6 Å². The van der Waals surface area contributed by atoms with Gasteiger partial charge in [0.1, 0.15) is 0 Å². The monoisotopic (exact) mass is 324 g/mol. The van der Waals surface area contributed by atoms with Crippen LogP contribution in [0.5, 0.6) is 0 Å². The minimum Gasteiger partial charge on any atom is -0.312 e. The molecular weight excluding hydrogens is 308 g/mol. The Morgan fingerprint density at radius 1 is 1.04 bits per heavy atom. The highest BCUT2D eigenvalue weighted by Crippen LogP contribution is 2.55. The van der Waals surface area contributed by atoms with Crippen molar-refractivity contribution >= 4 is 35.0 Å². The molecule has 2 heterocycles. The van der Waals surface area contributed by atoms with Gasteiger partial charge in [0.25, 0.3) is 5.91 Å². The van der Waals surface area contributed by atoms with Crippen LogP contribution in [0.3, 0.4) is 0 Å². The van der Waals surface area contributed by atoms with Crippen LogP contribution >= 0.6 is 11.8 Å². The number of rotatable bonds is 1. The van der Waals surface area contributed by atoms with E-state index in [1.807, 2.05) is 55.5 Å². The lowest BCUT2D eigenvalue weighted by Crippen LogP contribution is -2.49. The van der Waals surface area contributed by atoms with Crippen LogP contribution < -0.4 is 9.80 Å². The zero-order valence-electron chi connectivity index (χ0n) is 12.9. The predicted molar refractivity (Wildman–Crippen MR) is 92.7 cm³/mol. The Bertz CT molecular complexity index is 818. The molecule has 0 N–H and O–H groups in total. The third-order valence-electron chi connectivity index (χ3n) is 4.49. The van der Waals surface area contributed by atoms with Gasteiger partial charge in [0.15, 0.2) is 0 Å². The maximum atomic E-state index is 13.1. The number of likely N-dealkylation sites (N-methyl/N-ethyl adjacent to an activating group) is 1. The summed E-state index contributed by atoms with van der Waals surface area (Å²) in [5.74, 6) is 0.217. The van der Waals surface area contributed by atoms with Gasteiger partial charge in [-0.15, -0.1) is 11.8 Å². The molecule has 1 spiro atoms. The van der Waals surface area contributed by atoms with E-state index in [-0.39, 0.29) is 11.8 Å². The Hall–Kier alpha value is -2.27. The van der Waals surface area contributed by atoms with Crippen molar-refractivity contribution in [1.82, 2.24) is 0 Å². The molecule has 2 aliphatic rings. The van der Waals surface area contributed by atoms with Crippen LogP contribution in [0.2, 0.25) is 0 Å². The smallest absolute Gasteiger partial charge is 0.268 e. The lowest BCUT2D eigenvalue weighted by Gasteiger charge is -2.32. The van der Waals surface area contributed by atoms with E-state index in [0.717, 1.165) is 22.5 Å². The van der Waals surface area contributed by atoms with Crippen LogP contribution in [0.4, 0.5) is 11.4 Å². The second-order valence-corrected chi connectivity index (χ2v) is 7.05. The molecule has 1 fully saturated rings. The van der Waals surface area contributed by atoms with Crippen molar-refractivity contribution in [3.8, 4) is 0 Å². The van der Waals surface area contributed by atoms with Gasteiger partial charge in [0, 0.05) is 18.3 Å². The van der Waals surface area contributed by atoms with Gasteiger partial charge in [-0.05, 0) is 25.1 Å². The van der Waals surface area contributed by atoms with Crippen molar-refractivity contribution in [2.75, 3.05) is 22.6 Å². The molecule has 2 amide bonds. The lowest BCUT2D eigenvalue weighted by atomic mass is 10.0. The number of nitrogens with zero attached hydrogens (tertiary/aromatic N) is 2. The third kappa shape index (κ3) is 1.80. The average Bonchev–Trinajstić information content (AvgIpc) is 3.01. The molecule has 5 heteroatoms. The van der Waals surface area contributed by atoms with E-state index >= 15 is 0 Å². The van der Waals surface area contributed by atoms with Crippen LogP contribution in [-0.2, 0) is 14.5 Å². The number of anilines is 2. The van der Waals surface area contributed by atoms with Crippen molar-refractivity contribution in [3.63, 3.8) is 0 Å². The fourth-order valence-electron chi connectivity index (χ4n) is 3.35. The number of hydrogen-bond acceptors (Lipinski definition) is 3. The van der Waals surface area contributed by atoms with Crippen molar-refractivity contribution < 1.29 is 9.59 Å². The Kier molecular flexibility index (Phi) is 3.03. The summed E-state index contributed by atoms with van der Waals surface area (Å²) in [5, 5.41) is 0. The van der Waals surface area contributed by atoms with E-state index in [1.165, 1.54) is 11.8 Å².